The highest BCUT2D eigenvalue weighted by Gasteiger charge is 2.31. The molecule has 4 unspecified atom stereocenters. The molecule has 0 aromatic heterocycles. The van der Waals surface area contributed by atoms with E-state index in [0.717, 1.165) is 0 Å². The summed E-state index contributed by atoms with van der Waals surface area (Å²) < 4.78 is 0. The molecular formula is C25H39N5O6. The molecule has 36 heavy (non-hydrogen) atoms. The van der Waals surface area contributed by atoms with Gasteiger partial charge in [0.1, 0.15) is 18.1 Å². The van der Waals surface area contributed by atoms with Crippen LogP contribution in [0.15, 0.2) is 30.3 Å². The van der Waals surface area contributed by atoms with Crippen molar-refractivity contribution in [2.75, 3.05) is 0 Å². The predicted molar refractivity (Wildman–Crippen MR) is 134 cm³/mol. The Balaban J connectivity index is 3.12. The van der Waals surface area contributed by atoms with E-state index in [-0.39, 0.29) is 18.3 Å². The van der Waals surface area contributed by atoms with Crippen LogP contribution in [0.5, 0.6) is 0 Å². The van der Waals surface area contributed by atoms with Crippen molar-refractivity contribution in [1.29, 1.82) is 0 Å². The van der Waals surface area contributed by atoms with Crippen molar-refractivity contribution in [2.45, 2.75) is 77.5 Å². The fourth-order valence-corrected chi connectivity index (χ4v) is 3.60. The zero-order chi connectivity index (χ0) is 27.4. The first-order valence-electron chi connectivity index (χ1n) is 12.0. The Bertz CT molecular complexity index is 905. The lowest BCUT2D eigenvalue weighted by atomic mass is 9.99. The summed E-state index contributed by atoms with van der Waals surface area (Å²) in [5.41, 5.74) is 11.8. The molecule has 1 aromatic carbocycles. The molecule has 0 aliphatic carbocycles. The Morgan fingerprint density at radius 3 is 1.78 bits per heavy atom. The Morgan fingerprint density at radius 1 is 0.778 bits per heavy atom. The van der Waals surface area contributed by atoms with Gasteiger partial charge in [-0.25, -0.2) is 4.79 Å². The third kappa shape index (κ3) is 11.3. The van der Waals surface area contributed by atoms with E-state index in [2.05, 4.69) is 16.0 Å². The lowest BCUT2D eigenvalue weighted by Gasteiger charge is -2.26. The van der Waals surface area contributed by atoms with Gasteiger partial charge in [0.2, 0.25) is 23.6 Å². The summed E-state index contributed by atoms with van der Waals surface area (Å²) in [7, 11) is 0. The number of carbonyl (C=O) groups is 5. The number of hydrogen-bond acceptors (Lipinski definition) is 6. The van der Waals surface area contributed by atoms with Crippen LogP contribution in [0.3, 0.4) is 0 Å². The van der Waals surface area contributed by atoms with Crippen LogP contribution in [0.1, 0.15) is 52.5 Å². The number of nitrogens with two attached hydrogens (primary N) is 2. The normalized spacial score (nSPS) is 14.4. The fraction of sp³-hybridized carbons (Fsp3) is 0.560. The van der Waals surface area contributed by atoms with Crippen LogP contribution in [-0.2, 0) is 30.4 Å². The number of benzene rings is 1. The Kier molecular flexibility index (Phi) is 12.6. The SMILES string of the molecule is CC(C)CC(N)C(=O)NC(CC(C)C)C(=O)NC(Cc1ccccc1)C(=O)NC(CC(N)=O)C(=O)O. The third-order valence-corrected chi connectivity index (χ3v) is 5.34. The fourth-order valence-electron chi connectivity index (χ4n) is 3.60. The molecule has 11 nitrogen and oxygen atoms in total. The number of hydrogen-bond donors (Lipinski definition) is 6. The van der Waals surface area contributed by atoms with Crippen LogP contribution in [-0.4, -0.2) is 58.9 Å². The average Bonchev–Trinajstić information content (AvgIpc) is 2.77. The van der Waals surface area contributed by atoms with Gasteiger partial charge >= 0.3 is 5.97 Å². The molecule has 0 heterocycles. The third-order valence-electron chi connectivity index (χ3n) is 5.34. The number of aliphatic carboxylic acids is 1. The van der Waals surface area contributed by atoms with Crippen LogP contribution in [0.25, 0.3) is 0 Å². The zero-order valence-electron chi connectivity index (χ0n) is 21.3. The molecule has 0 bridgehead atoms. The number of primary amides is 1. The number of carboxylic acid groups (broad SMARTS) is 1. The van der Waals surface area contributed by atoms with Gasteiger partial charge in [-0.2, -0.15) is 0 Å². The van der Waals surface area contributed by atoms with E-state index in [1.165, 1.54) is 0 Å². The summed E-state index contributed by atoms with van der Waals surface area (Å²) >= 11 is 0. The first-order chi connectivity index (χ1) is 16.8. The quantitative estimate of drug-likeness (QED) is 0.194. The minimum absolute atomic E-state index is 0.0377. The lowest BCUT2D eigenvalue weighted by Crippen LogP contribution is -2.58. The Hall–Kier alpha value is -3.47. The molecule has 0 radical (unpaired) electrons. The van der Waals surface area contributed by atoms with Gasteiger partial charge in [0, 0.05) is 6.42 Å². The topological polar surface area (TPSA) is 194 Å². The number of carbonyl (C=O) groups excluding carboxylic acids is 4. The van der Waals surface area contributed by atoms with Crippen LogP contribution < -0.4 is 27.4 Å². The Morgan fingerprint density at radius 2 is 1.28 bits per heavy atom. The number of carboxylic acids is 1. The van der Waals surface area contributed by atoms with E-state index in [1.54, 1.807) is 30.3 Å². The first-order valence-corrected chi connectivity index (χ1v) is 12.0. The second-order valence-electron chi connectivity index (χ2n) is 9.75. The van der Waals surface area contributed by atoms with E-state index in [1.807, 2.05) is 27.7 Å². The monoisotopic (exact) mass is 505 g/mol. The second kappa shape index (κ2) is 14.8. The largest absolute Gasteiger partial charge is 0.480 e. The van der Waals surface area contributed by atoms with Crippen molar-refractivity contribution in [3.63, 3.8) is 0 Å². The summed E-state index contributed by atoms with van der Waals surface area (Å²) in [6, 6.07) is 4.35. The molecule has 0 spiro atoms. The van der Waals surface area contributed by atoms with Crippen molar-refractivity contribution in [3.8, 4) is 0 Å². The molecule has 0 fully saturated rings. The molecule has 8 N–H and O–H groups in total. The van der Waals surface area contributed by atoms with E-state index >= 15 is 0 Å². The van der Waals surface area contributed by atoms with Gasteiger partial charge in [-0.3, -0.25) is 19.2 Å². The van der Waals surface area contributed by atoms with Crippen molar-refractivity contribution in [1.82, 2.24) is 16.0 Å². The highest BCUT2D eigenvalue weighted by molar-refractivity contribution is 5.95. The van der Waals surface area contributed by atoms with Crippen molar-refractivity contribution in [3.05, 3.63) is 35.9 Å². The smallest absolute Gasteiger partial charge is 0.326 e. The van der Waals surface area contributed by atoms with Crippen LogP contribution in [0, 0.1) is 11.8 Å². The predicted octanol–water partition coefficient (Wildman–Crippen LogP) is 0.0630. The zero-order valence-corrected chi connectivity index (χ0v) is 21.3. The molecule has 0 saturated heterocycles. The minimum Gasteiger partial charge on any atom is -0.480 e. The van der Waals surface area contributed by atoms with Crippen LogP contribution in [0.2, 0.25) is 0 Å². The summed E-state index contributed by atoms with van der Waals surface area (Å²) in [4.78, 5) is 61.6. The summed E-state index contributed by atoms with van der Waals surface area (Å²) in [5.74, 6) is -3.99. The van der Waals surface area contributed by atoms with E-state index in [9.17, 15) is 29.1 Å². The summed E-state index contributed by atoms with van der Waals surface area (Å²) in [6.45, 7) is 7.63. The highest BCUT2D eigenvalue weighted by Crippen LogP contribution is 2.10. The van der Waals surface area contributed by atoms with Crippen molar-refractivity contribution < 1.29 is 29.1 Å². The maximum atomic E-state index is 13.2. The van der Waals surface area contributed by atoms with Gasteiger partial charge in [0.15, 0.2) is 0 Å². The molecule has 4 atom stereocenters. The summed E-state index contributed by atoms with van der Waals surface area (Å²) in [6.07, 6.45) is 0.186. The maximum absolute atomic E-state index is 13.2. The van der Waals surface area contributed by atoms with Crippen LogP contribution in [0.4, 0.5) is 0 Å². The molecule has 0 saturated carbocycles. The molecule has 1 aromatic rings. The van der Waals surface area contributed by atoms with Crippen molar-refractivity contribution >= 4 is 29.6 Å². The molecule has 200 valence electrons. The molecule has 11 heteroatoms. The average molecular weight is 506 g/mol. The van der Waals surface area contributed by atoms with E-state index in [4.69, 9.17) is 11.5 Å². The van der Waals surface area contributed by atoms with E-state index < -0.39 is 60.2 Å². The number of nitrogens with one attached hydrogen (secondary N) is 3. The minimum atomic E-state index is -1.55. The van der Waals surface area contributed by atoms with Gasteiger partial charge in [0.25, 0.3) is 0 Å². The van der Waals surface area contributed by atoms with Gasteiger partial charge in [-0.15, -0.1) is 0 Å². The first kappa shape index (κ1) is 30.6. The van der Waals surface area contributed by atoms with Gasteiger partial charge < -0.3 is 32.5 Å². The van der Waals surface area contributed by atoms with Gasteiger partial charge in [0.05, 0.1) is 12.5 Å². The highest BCUT2D eigenvalue weighted by atomic mass is 16.4. The molecule has 0 aliphatic heterocycles. The molecular weight excluding hydrogens is 466 g/mol. The molecule has 0 aliphatic rings. The number of amides is 4. The maximum Gasteiger partial charge on any atom is 0.326 e. The summed E-state index contributed by atoms with van der Waals surface area (Å²) in [5, 5.41) is 16.9. The molecule has 4 amide bonds. The lowest BCUT2D eigenvalue weighted by molar-refractivity contribution is -0.143. The van der Waals surface area contributed by atoms with Crippen LogP contribution >= 0.6 is 0 Å². The Labute approximate surface area is 211 Å². The molecule has 1 rings (SSSR count). The van der Waals surface area contributed by atoms with E-state index in [0.29, 0.717) is 18.4 Å². The van der Waals surface area contributed by atoms with Gasteiger partial charge in [-0.05, 0) is 30.2 Å². The second-order valence-corrected chi connectivity index (χ2v) is 9.75. The number of rotatable bonds is 15. The van der Waals surface area contributed by atoms with Gasteiger partial charge in [-0.1, -0.05) is 58.0 Å². The van der Waals surface area contributed by atoms with Crippen molar-refractivity contribution in [2.24, 2.45) is 23.3 Å². The standard InChI is InChI=1S/C25H39N5O6/c1-14(2)10-17(26)22(32)28-18(11-15(3)4)23(33)29-19(12-16-8-6-5-7-9-16)24(34)30-20(25(35)36)13-21(27)31/h5-9,14-15,17-20H,10-13,26H2,1-4H3,(H2,27,31)(H,28,32)(H,29,33)(H,30,34)(H,35,36).